The van der Waals surface area contributed by atoms with E-state index in [9.17, 15) is 9.50 Å². The molecule has 0 bridgehead atoms. The Hall–Kier alpha value is -3.84. The van der Waals surface area contributed by atoms with Crippen molar-refractivity contribution in [3.05, 3.63) is 106 Å². The molecule has 0 radical (unpaired) electrons. The number of para-hydroxylation sites is 1. The van der Waals surface area contributed by atoms with Crippen LogP contribution < -0.4 is 4.74 Å². The van der Waals surface area contributed by atoms with Gasteiger partial charge in [-0.3, -0.25) is 4.57 Å². The lowest BCUT2D eigenvalue weighted by molar-refractivity contribution is 0.414. The van der Waals surface area contributed by atoms with Crippen molar-refractivity contribution < 1.29 is 14.2 Å². The molecule has 1 unspecified atom stereocenters. The van der Waals surface area contributed by atoms with Gasteiger partial charge in [-0.05, 0) is 59.7 Å². The molecule has 1 aliphatic heterocycles. The van der Waals surface area contributed by atoms with Crippen LogP contribution in [0.3, 0.4) is 0 Å². The number of benzene rings is 3. The number of methoxy groups -OCH3 is 1. The summed E-state index contributed by atoms with van der Waals surface area (Å²) in [4.78, 5) is 3.59. The van der Waals surface area contributed by atoms with Gasteiger partial charge in [-0.2, -0.15) is 0 Å². The highest BCUT2D eigenvalue weighted by molar-refractivity contribution is 7.71. The average molecular weight is 458 g/mol. The molecule has 33 heavy (non-hydrogen) atoms. The third kappa shape index (κ3) is 2.93. The fourth-order valence-electron chi connectivity index (χ4n) is 4.87. The first-order chi connectivity index (χ1) is 16.1. The maximum Gasteiger partial charge on any atom is 0.218 e. The predicted octanol–water partition coefficient (Wildman–Crippen LogP) is 5.88. The molecule has 6 rings (SSSR count). The molecule has 3 aromatic carbocycles. The first kappa shape index (κ1) is 19.8. The molecule has 0 spiro atoms. The van der Waals surface area contributed by atoms with E-state index in [-0.39, 0.29) is 17.7 Å². The number of aromatic hydroxyl groups is 1. The van der Waals surface area contributed by atoms with Crippen molar-refractivity contribution >= 4 is 23.1 Å². The van der Waals surface area contributed by atoms with Crippen LogP contribution in [0.2, 0.25) is 0 Å². The van der Waals surface area contributed by atoms with E-state index in [1.165, 1.54) is 12.1 Å². The molecule has 0 saturated carbocycles. The average Bonchev–Trinajstić information content (AvgIpc) is 3.32. The summed E-state index contributed by atoms with van der Waals surface area (Å²) in [5.41, 5.74) is 5.37. The molecule has 0 fully saturated rings. The minimum absolute atomic E-state index is 0.0278. The minimum Gasteiger partial charge on any atom is -0.497 e. The largest absolute Gasteiger partial charge is 0.497 e. The lowest BCUT2D eigenvalue weighted by atomic mass is 9.93. The van der Waals surface area contributed by atoms with Crippen LogP contribution >= 0.6 is 12.2 Å². The fourth-order valence-corrected chi connectivity index (χ4v) is 5.28. The molecular weight excluding hydrogens is 437 g/mol. The van der Waals surface area contributed by atoms with E-state index in [4.69, 9.17) is 17.0 Å². The topological polar surface area (TPSA) is 55.1 Å². The van der Waals surface area contributed by atoms with Gasteiger partial charge < -0.3 is 19.4 Å². The molecule has 7 heteroatoms. The van der Waals surface area contributed by atoms with Crippen molar-refractivity contribution in [3.63, 3.8) is 0 Å². The number of halogens is 1. The molecule has 5 aromatic rings. The van der Waals surface area contributed by atoms with Crippen molar-refractivity contribution in [3.8, 4) is 17.3 Å². The summed E-state index contributed by atoms with van der Waals surface area (Å²) in [6, 6.07) is 21.8. The van der Waals surface area contributed by atoms with Crippen LogP contribution in [0.15, 0.2) is 72.8 Å². The van der Waals surface area contributed by atoms with Crippen molar-refractivity contribution in [1.29, 1.82) is 0 Å². The van der Waals surface area contributed by atoms with E-state index in [1.807, 2.05) is 41.0 Å². The van der Waals surface area contributed by atoms with Crippen LogP contribution in [0.4, 0.5) is 4.39 Å². The predicted molar refractivity (Wildman–Crippen MR) is 128 cm³/mol. The Morgan fingerprint density at radius 3 is 2.61 bits per heavy atom. The van der Waals surface area contributed by atoms with Gasteiger partial charge in [-0.15, -0.1) is 0 Å². The Kier molecular flexibility index (Phi) is 4.41. The Bertz CT molecular complexity index is 1580. The number of rotatable bonds is 3. The number of fused-ring (bicyclic) bond motifs is 4. The van der Waals surface area contributed by atoms with E-state index < -0.39 is 0 Å². The maximum absolute atomic E-state index is 14.0. The van der Waals surface area contributed by atoms with E-state index in [0.717, 1.165) is 33.5 Å². The summed E-state index contributed by atoms with van der Waals surface area (Å²) in [7, 11) is 1.64. The van der Waals surface area contributed by atoms with Gasteiger partial charge in [0.05, 0.1) is 18.5 Å². The highest BCUT2D eigenvalue weighted by Gasteiger charge is 2.34. The second-order valence-electron chi connectivity index (χ2n) is 8.15. The van der Waals surface area contributed by atoms with Gasteiger partial charge in [0.2, 0.25) is 5.88 Å². The number of H-pyrrole nitrogens is 1. The molecule has 164 valence electrons. The summed E-state index contributed by atoms with van der Waals surface area (Å²) < 4.78 is 23.3. The Labute approximate surface area is 194 Å². The number of hydrogen-bond acceptors (Lipinski definition) is 3. The van der Waals surface area contributed by atoms with Gasteiger partial charge in [0.25, 0.3) is 0 Å². The zero-order valence-electron chi connectivity index (χ0n) is 17.7. The van der Waals surface area contributed by atoms with Crippen molar-refractivity contribution in [2.24, 2.45) is 0 Å². The zero-order valence-corrected chi connectivity index (χ0v) is 18.6. The lowest BCUT2D eigenvalue weighted by Gasteiger charge is -2.26. The molecule has 1 atom stereocenters. The van der Waals surface area contributed by atoms with Gasteiger partial charge in [-0.25, -0.2) is 4.39 Å². The van der Waals surface area contributed by atoms with Gasteiger partial charge in [-0.1, -0.05) is 36.4 Å². The smallest absolute Gasteiger partial charge is 0.218 e. The summed E-state index contributed by atoms with van der Waals surface area (Å²) >= 11 is 5.87. The van der Waals surface area contributed by atoms with Gasteiger partial charge in [0.15, 0.2) is 4.77 Å². The third-order valence-electron chi connectivity index (χ3n) is 6.38. The summed E-state index contributed by atoms with van der Waals surface area (Å²) in [6.07, 6.45) is 0.504. The third-order valence-corrected chi connectivity index (χ3v) is 6.76. The summed E-state index contributed by atoms with van der Waals surface area (Å²) in [5, 5.41) is 12.4. The van der Waals surface area contributed by atoms with Crippen LogP contribution in [-0.4, -0.2) is 26.3 Å². The minimum atomic E-state index is -0.388. The van der Waals surface area contributed by atoms with Crippen molar-refractivity contribution in [1.82, 2.24) is 14.1 Å². The van der Waals surface area contributed by atoms with Gasteiger partial charge >= 0.3 is 0 Å². The zero-order chi connectivity index (χ0) is 22.7. The van der Waals surface area contributed by atoms with Gasteiger partial charge in [0, 0.05) is 23.0 Å². The number of imidazole rings is 1. The number of nitrogens with one attached hydrogen (secondary N) is 1. The summed E-state index contributed by atoms with van der Waals surface area (Å²) in [6.45, 7) is 0. The SMILES string of the molecule is COc1ccc(C2c3[nH]c4ccccc4c3Cc3c(O)n(-c4cccc(F)c4)c(=S)n32)cc1. The molecule has 0 aliphatic carbocycles. The number of hydrogen-bond donors (Lipinski definition) is 2. The highest BCUT2D eigenvalue weighted by Crippen LogP contribution is 2.43. The Balaban J connectivity index is 1.65. The maximum atomic E-state index is 14.0. The van der Waals surface area contributed by atoms with Crippen LogP contribution in [0.25, 0.3) is 16.6 Å². The first-order valence-electron chi connectivity index (χ1n) is 10.6. The number of ether oxygens (including phenoxy) is 1. The Morgan fingerprint density at radius 2 is 1.85 bits per heavy atom. The highest BCUT2D eigenvalue weighted by atomic mass is 32.1. The second kappa shape index (κ2) is 7.35. The molecule has 2 N–H and O–H groups in total. The first-order valence-corrected chi connectivity index (χ1v) is 11.0. The van der Waals surface area contributed by atoms with Crippen LogP contribution in [0.1, 0.15) is 28.6 Å². The second-order valence-corrected chi connectivity index (χ2v) is 8.52. The van der Waals surface area contributed by atoms with Crippen LogP contribution in [0.5, 0.6) is 11.6 Å². The van der Waals surface area contributed by atoms with Crippen molar-refractivity contribution in [2.45, 2.75) is 12.5 Å². The molecule has 5 nitrogen and oxygen atoms in total. The molecule has 3 heterocycles. The molecule has 1 aliphatic rings. The number of aromatic nitrogens is 3. The standard InChI is InChI=1S/C26H20FN3O2S/c1-32-18-11-9-15(10-12-18)24-23-20(19-7-2-3-8-21(19)28-23)14-22-25(31)29(26(33)30(22)24)17-6-4-5-16(27)13-17/h2-13,24,28,31H,14H2,1H3. The Morgan fingerprint density at radius 1 is 1.06 bits per heavy atom. The van der Waals surface area contributed by atoms with Gasteiger partial charge in [0.1, 0.15) is 17.6 Å². The summed E-state index contributed by atoms with van der Waals surface area (Å²) in [5.74, 6) is 0.399. The van der Waals surface area contributed by atoms with Crippen molar-refractivity contribution in [2.75, 3.05) is 7.11 Å². The fraction of sp³-hybridized carbons (Fsp3) is 0.115. The number of nitrogens with zero attached hydrogens (tertiary/aromatic N) is 2. The molecule has 0 amide bonds. The van der Waals surface area contributed by atoms with E-state index in [1.54, 1.807) is 23.8 Å². The van der Waals surface area contributed by atoms with E-state index in [2.05, 4.69) is 17.1 Å². The molecule has 2 aromatic heterocycles. The van der Waals surface area contributed by atoms with Crippen LogP contribution in [0, 0.1) is 10.6 Å². The lowest BCUT2D eigenvalue weighted by Crippen LogP contribution is -2.21. The molecular formula is C26H20FN3O2S. The molecule has 0 saturated heterocycles. The van der Waals surface area contributed by atoms with E-state index >= 15 is 0 Å². The van der Waals surface area contributed by atoms with E-state index in [0.29, 0.717) is 22.6 Å². The monoisotopic (exact) mass is 457 g/mol. The number of aromatic amines is 1. The normalized spacial score (nSPS) is 14.8. The quantitative estimate of drug-likeness (QED) is 0.326. The van der Waals surface area contributed by atoms with Crippen LogP contribution in [-0.2, 0) is 6.42 Å².